The molecule has 1 aromatic heterocycles. The molecule has 1 saturated heterocycles. The quantitative estimate of drug-likeness (QED) is 0.548. The lowest BCUT2D eigenvalue weighted by molar-refractivity contribution is 0.291. The van der Waals surface area contributed by atoms with Crippen LogP contribution in [0.15, 0.2) is 41.3 Å². The minimum Gasteiger partial charge on any atom is -0.484 e. The molecular weight excluding hydrogens is 436 g/mol. The number of nitrogens with zero attached hydrogens (tertiary/aromatic N) is 4. The summed E-state index contributed by atoms with van der Waals surface area (Å²) in [5.74, 6) is 1.13. The molecule has 0 atom stereocenters. The van der Waals surface area contributed by atoms with Crippen molar-refractivity contribution < 1.29 is 13.2 Å². The van der Waals surface area contributed by atoms with Crippen molar-refractivity contribution in [1.82, 2.24) is 13.9 Å². The number of benzene rings is 2. The summed E-state index contributed by atoms with van der Waals surface area (Å²) >= 11 is 6.20. The van der Waals surface area contributed by atoms with Crippen LogP contribution in [0, 0.1) is 11.3 Å². The first kappa shape index (κ1) is 21.6. The van der Waals surface area contributed by atoms with Gasteiger partial charge in [0.25, 0.3) is 0 Å². The maximum atomic E-state index is 13.0. The molecule has 0 bridgehead atoms. The number of hydrogen-bond acceptors (Lipinski definition) is 5. The average molecular weight is 459 g/mol. The number of imidazole rings is 1. The van der Waals surface area contributed by atoms with Crippen molar-refractivity contribution in [3.8, 4) is 11.8 Å². The molecule has 4 rings (SSSR count). The van der Waals surface area contributed by atoms with Crippen LogP contribution < -0.4 is 4.74 Å². The first-order valence-corrected chi connectivity index (χ1v) is 12.1. The van der Waals surface area contributed by atoms with Crippen LogP contribution in [0.2, 0.25) is 5.02 Å². The van der Waals surface area contributed by atoms with Gasteiger partial charge in [0.15, 0.2) is 0 Å². The van der Waals surface area contributed by atoms with E-state index in [1.165, 1.54) is 0 Å². The van der Waals surface area contributed by atoms with E-state index in [1.54, 1.807) is 40.7 Å². The molecule has 0 amide bonds. The summed E-state index contributed by atoms with van der Waals surface area (Å²) in [6.07, 6.45) is 2.86. The SMILES string of the molecule is CCn1c(COc2ccc(C#N)cc2Cl)nc2cc(S(=O)(=O)N3CCCCC3)ccc21. The van der Waals surface area contributed by atoms with Crippen LogP contribution in [-0.4, -0.2) is 35.4 Å². The highest BCUT2D eigenvalue weighted by molar-refractivity contribution is 7.89. The monoisotopic (exact) mass is 458 g/mol. The van der Waals surface area contributed by atoms with Gasteiger partial charge in [0.2, 0.25) is 10.0 Å². The molecule has 162 valence electrons. The first-order valence-electron chi connectivity index (χ1n) is 10.3. The zero-order valence-electron chi connectivity index (χ0n) is 17.2. The van der Waals surface area contributed by atoms with Gasteiger partial charge in [-0.3, -0.25) is 0 Å². The van der Waals surface area contributed by atoms with E-state index in [-0.39, 0.29) is 11.5 Å². The summed E-state index contributed by atoms with van der Waals surface area (Å²) in [5, 5.41) is 9.32. The fraction of sp³-hybridized carbons (Fsp3) is 0.364. The fourth-order valence-corrected chi connectivity index (χ4v) is 5.64. The number of piperidine rings is 1. The zero-order chi connectivity index (χ0) is 22.0. The van der Waals surface area contributed by atoms with Gasteiger partial charge in [-0.05, 0) is 56.2 Å². The van der Waals surface area contributed by atoms with Crippen molar-refractivity contribution in [2.24, 2.45) is 0 Å². The predicted molar refractivity (Wildman–Crippen MR) is 119 cm³/mol. The fourth-order valence-electron chi connectivity index (χ4n) is 3.87. The molecule has 31 heavy (non-hydrogen) atoms. The molecule has 0 unspecified atom stereocenters. The topological polar surface area (TPSA) is 88.2 Å². The van der Waals surface area contributed by atoms with Gasteiger partial charge in [-0.25, -0.2) is 13.4 Å². The number of aryl methyl sites for hydroxylation is 1. The number of hydrogen-bond donors (Lipinski definition) is 0. The molecule has 2 heterocycles. The van der Waals surface area contributed by atoms with Gasteiger partial charge in [-0.2, -0.15) is 9.57 Å². The second kappa shape index (κ2) is 8.87. The second-order valence-electron chi connectivity index (χ2n) is 7.43. The highest BCUT2D eigenvalue weighted by Gasteiger charge is 2.26. The summed E-state index contributed by atoms with van der Waals surface area (Å²) in [6, 6.07) is 12.0. The third-order valence-corrected chi connectivity index (χ3v) is 7.68. The molecule has 0 N–H and O–H groups in total. The van der Waals surface area contributed by atoms with Crippen molar-refractivity contribution in [3.63, 3.8) is 0 Å². The number of fused-ring (bicyclic) bond motifs is 1. The van der Waals surface area contributed by atoms with E-state index in [4.69, 9.17) is 21.6 Å². The van der Waals surface area contributed by atoms with Gasteiger partial charge in [0, 0.05) is 19.6 Å². The minimum absolute atomic E-state index is 0.169. The van der Waals surface area contributed by atoms with Crippen LogP contribution in [-0.2, 0) is 23.2 Å². The number of aromatic nitrogens is 2. The molecule has 9 heteroatoms. The smallest absolute Gasteiger partial charge is 0.243 e. The molecule has 2 aromatic carbocycles. The molecule has 0 saturated carbocycles. The van der Waals surface area contributed by atoms with E-state index in [9.17, 15) is 8.42 Å². The first-order chi connectivity index (χ1) is 14.9. The van der Waals surface area contributed by atoms with Crippen molar-refractivity contribution in [2.75, 3.05) is 13.1 Å². The molecule has 3 aromatic rings. The maximum Gasteiger partial charge on any atom is 0.243 e. The third-order valence-electron chi connectivity index (χ3n) is 5.49. The van der Waals surface area contributed by atoms with Gasteiger partial charge in [0.05, 0.1) is 32.6 Å². The lowest BCUT2D eigenvalue weighted by Gasteiger charge is -2.25. The Morgan fingerprint density at radius 3 is 2.61 bits per heavy atom. The van der Waals surface area contributed by atoms with Crippen molar-refractivity contribution in [2.45, 2.75) is 44.2 Å². The van der Waals surface area contributed by atoms with E-state index < -0.39 is 10.0 Å². The lowest BCUT2D eigenvalue weighted by Crippen LogP contribution is -2.35. The summed E-state index contributed by atoms with van der Waals surface area (Å²) in [7, 11) is -3.52. The average Bonchev–Trinajstić information content (AvgIpc) is 3.15. The van der Waals surface area contributed by atoms with Crippen LogP contribution in [0.4, 0.5) is 0 Å². The maximum absolute atomic E-state index is 13.0. The van der Waals surface area contributed by atoms with Crippen molar-refractivity contribution in [1.29, 1.82) is 5.26 Å². The number of nitriles is 1. The molecule has 1 aliphatic heterocycles. The second-order valence-corrected chi connectivity index (χ2v) is 9.78. The third kappa shape index (κ3) is 4.26. The standard InChI is InChI=1S/C22H23ClN4O3S/c1-2-27-20-8-7-17(31(28,29)26-10-4-3-5-11-26)13-19(20)25-22(27)15-30-21-9-6-16(14-24)12-18(21)23/h6-9,12-13H,2-5,10-11,15H2,1H3. The van der Waals surface area contributed by atoms with E-state index in [2.05, 4.69) is 4.98 Å². The number of halogens is 1. The highest BCUT2D eigenvalue weighted by Crippen LogP contribution is 2.28. The Bertz CT molecular complexity index is 1260. The Hall–Kier alpha value is -2.60. The molecule has 0 radical (unpaired) electrons. The van der Waals surface area contributed by atoms with E-state index in [1.807, 2.05) is 17.6 Å². The number of sulfonamides is 1. The Labute approximate surface area is 186 Å². The summed E-state index contributed by atoms with van der Waals surface area (Å²) in [6.45, 7) is 3.96. The van der Waals surface area contributed by atoms with Crippen LogP contribution >= 0.6 is 11.6 Å². The van der Waals surface area contributed by atoms with Gasteiger partial charge < -0.3 is 9.30 Å². The normalized spacial score (nSPS) is 15.1. The van der Waals surface area contributed by atoms with Crippen LogP contribution in [0.3, 0.4) is 0 Å². The van der Waals surface area contributed by atoms with Gasteiger partial charge >= 0.3 is 0 Å². The van der Waals surface area contributed by atoms with E-state index in [0.29, 0.717) is 47.3 Å². The summed E-state index contributed by atoms with van der Waals surface area (Å²) in [4.78, 5) is 4.91. The Morgan fingerprint density at radius 1 is 1.16 bits per heavy atom. The van der Waals surface area contributed by atoms with Gasteiger partial charge in [-0.15, -0.1) is 0 Å². The molecule has 1 fully saturated rings. The Balaban J connectivity index is 1.62. The van der Waals surface area contributed by atoms with Crippen LogP contribution in [0.25, 0.3) is 11.0 Å². The highest BCUT2D eigenvalue weighted by atomic mass is 35.5. The van der Waals surface area contributed by atoms with Gasteiger partial charge in [-0.1, -0.05) is 18.0 Å². The summed E-state index contributed by atoms with van der Waals surface area (Å²) in [5.41, 5.74) is 1.93. The predicted octanol–water partition coefficient (Wildman–Crippen LogP) is 4.33. The molecule has 0 aliphatic carbocycles. The molecule has 7 nitrogen and oxygen atoms in total. The molecule has 1 aliphatic rings. The summed E-state index contributed by atoms with van der Waals surface area (Å²) < 4.78 is 35.4. The van der Waals surface area contributed by atoms with E-state index >= 15 is 0 Å². The Morgan fingerprint density at radius 2 is 1.94 bits per heavy atom. The number of rotatable bonds is 6. The zero-order valence-corrected chi connectivity index (χ0v) is 18.8. The number of ether oxygens (including phenoxy) is 1. The van der Waals surface area contributed by atoms with Gasteiger partial charge in [0.1, 0.15) is 18.2 Å². The van der Waals surface area contributed by atoms with Crippen LogP contribution in [0.1, 0.15) is 37.6 Å². The molecule has 0 spiro atoms. The minimum atomic E-state index is -3.52. The largest absolute Gasteiger partial charge is 0.484 e. The van der Waals surface area contributed by atoms with Crippen molar-refractivity contribution >= 4 is 32.7 Å². The Kier molecular flexibility index (Phi) is 6.19. The lowest BCUT2D eigenvalue weighted by atomic mass is 10.2. The van der Waals surface area contributed by atoms with Crippen LogP contribution in [0.5, 0.6) is 5.75 Å². The van der Waals surface area contributed by atoms with E-state index in [0.717, 1.165) is 24.8 Å². The van der Waals surface area contributed by atoms with Crippen molar-refractivity contribution in [3.05, 3.63) is 52.8 Å². The molecular formula is C22H23ClN4O3S.